The fourth-order valence-corrected chi connectivity index (χ4v) is 7.25. The highest BCUT2D eigenvalue weighted by atomic mass is 79.9. The van der Waals surface area contributed by atoms with Gasteiger partial charge in [-0.05, 0) is 36.4 Å². The Morgan fingerprint density at radius 1 is 0.625 bits per heavy atom. The molecule has 0 fully saturated rings. The lowest BCUT2D eigenvalue weighted by atomic mass is 10.4. The van der Waals surface area contributed by atoms with Gasteiger partial charge in [0.25, 0.3) is 0 Å². The number of hydrogen-bond donors (Lipinski definition) is 0. The monoisotopic (exact) mass is 395 g/mol. The molecule has 0 unspecified atom stereocenters. The zero-order chi connectivity index (χ0) is 16.0. The molecule has 24 heavy (non-hydrogen) atoms. The Morgan fingerprint density at radius 3 is 1.25 bits per heavy atom. The second-order valence-corrected chi connectivity index (χ2v) is 9.06. The quantitative estimate of drug-likeness (QED) is 0.588. The molecule has 120 valence electrons. The zero-order valence-electron chi connectivity index (χ0n) is 13.3. The maximum atomic E-state index is 9.24. The highest BCUT2D eigenvalue weighted by Crippen LogP contribution is 2.55. The van der Waals surface area contributed by atoms with E-state index in [0.29, 0.717) is 6.42 Å². The molecule has 3 aromatic rings. The summed E-state index contributed by atoms with van der Waals surface area (Å²) in [4.78, 5) is 0. The molecule has 0 aromatic heterocycles. The van der Waals surface area contributed by atoms with Gasteiger partial charge in [0.15, 0.2) is 0 Å². The smallest absolute Gasteiger partial charge is 0.113 e. The molecule has 3 heteroatoms. The third-order valence-corrected chi connectivity index (χ3v) is 8.58. The minimum atomic E-state index is -1.79. The Kier molecular flexibility index (Phi) is 6.73. The van der Waals surface area contributed by atoms with Crippen molar-refractivity contribution in [3.63, 3.8) is 0 Å². The molecule has 0 heterocycles. The van der Waals surface area contributed by atoms with E-state index in [1.807, 2.05) is 0 Å². The van der Waals surface area contributed by atoms with Crippen molar-refractivity contribution in [2.24, 2.45) is 0 Å². The van der Waals surface area contributed by atoms with Crippen LogP contribution in [0.5, 0.6) is 0 Å². The van der Waals surface area contributed by atoms with E-state index in [9.17, 15) is 5.26 Å². The van der Waals surface area contributed by atoms with E-state index in [1.165, 1.54) is 15.9 Å². The molecule has 0 radical (unpaired) electrons. The third-order valence-electron chi connectivity index (χ3n) is 4.15. The Hall–Kier alpha value is -1.94. The van der Waals surface area contributed by atoms with E-state index in [-0.39, 0.29) is 17.0 Å². The van der Waals surface area contributed by atoms with Gasteiger partial charge in [0.2, 0.25) is 0 Å². The van der Waals surface area contributed by atoms with Crippen LogP contribution >= 0.6 is 7.26 Å². The van der Waals surface area contributed by atoms with Crippen molar-refractivity contribution in [1.29, 1.82) is 5.26 Å². The van der Waals surface area contributed by atoms with Crippen molar-refractivity contribution in [3.05, 3.63) is 91.0 Å². The second kappa shape index (κ2) is 8.78. The summed E-state index contributed by atoms with van der Waals surface area (Å²) in [7, 11) is -1.79. The Morgan fingerprint density at radius 2 is 0.958 bits per heavy atom. The van der Waals surface area contributed by atoms with Gasteiger partial charge >= 0.3 is 0 Å². The average Bonchev–Trinajstić information content (AvgIpc) is 2.65. The van der Waals surface area contributed by atoms with Crippen molar-refractivity contribution in [3.8, 4) is 6.07 Å². The molecule has 0 N–H and O–H groups in total. The number of rotatable bonds is 5. The van der Waals surface area contributed by atoms with E-state index in [1.54, 1.807) is 0 Å². The van der Waals surface area contributed by atoms with Gasteiger partial charge < -0.3 is 17.0 Å². The number of hydrogen-bond acceptors (Lipinski definition) is 1. The molecular formula is C21H19BrNP. The molecule has 0 aliphatic carbocycles. The number of nitrogens with zero attached hydrogens (tertiary/aromatic N) is 1. The Labute approximate surface area is 155 Å². The Balaban J connectivity index is 0.00000208. The lowest BCUT2D eigenvalue weighted by Gasteiger charge is -2.26. The van der Waals surface area contributed by atoms with E-state index in [4.69, 9.17) is 0 Å². The predicted octanol–water partition coefficient (Wildman–Crippen LogP) is 0.898. The number of benzene rings is 3. The van der Waals surface area contributed by atoms with Crippen molar-refractivity contribution >= 4 is 23.2 Å². The molecular weight excluding hydrogens is 377 g/mol. The normalized spacial score (nSPS) is 10.5. The van der Waals surface area contributed by atoms with Gasteiger partial charge in [-0.25, -0.2) is 0 Å². The van der Waals surface area contributed by atoms with Gasteiger partial charge in [0.1, 0.15) is 23.2 Å². The van der Waals surface area contributed by atoms with Crippen LogP contribution < -0.4 is 32.9 Å². The minimum absolute atomic E-state index is 0. The zero-order valence-corrected chi connectivity index (χ0v) is 15.8. The van der Waals surface area contributed by atoms with Gasteiger partial charge in [-0.2, -0.15) is 5.26 Å². The molecule has 0 aliphatic rings. The molecule has 0 saturated heterocycles. The summed E-state index contributed by atoms with van der Waals surface area (Å²) < 4.78 is 0. The lowest BCUT2D eigenvalue weighted by Crippen LogP contribution is -3.00. The van der Waals surface area contributed by atoms with Gasteiger partial charge in [-0.1, -0.05) is 54.6 Å². The first-order valence-electron chi connectivity index (χ1n) is 7.80. The van der Waals surface area contributed by atoms with Crippen molar-refractivity contribution < 1.29 is 17.0 Å². The summed E-state index contributed by atoms with van der Waals surface area (Å²) in [6.07, 6.45) is 1.44. The van der Waals surface area contributed by atoms with Crippen molar-refractivity contribution in [2.45, 2.75) is 6.42 Å². The van der Waals surface area contributed by atoms with Crippen LogP contribution in [-0.2, 0) is 0 Å². The van der Waals surface area contributed by atoms with Crippen molar-refractivity contribution in [1.82, 2.24) is 0 Å². The minimum Gasteiger partial charge on any atom is -1.00 e. The first kappa shape index (κ1) is 18.4. The van der Waals surface area contributed by atoms with Crippen LogP contribution in [0.4, 0.5) is 0 Å². The van der Waals surface area contributed by atoms with Crippen LogP contribution in [0, 0.1) is 11.3 Å². The lowest BCUT2D eigenvalue weighted by molar-refractivity contribution is -0.00000471. The number of halogens is 1. The summed E-state index contributed by atoms with van der Waals surface area (Å²) >= 11 is 0. The highest BCUT2D eigenvalue weighted by molar-refractivity contribution is 7.95. The fraction of sp³-hybridized carbons (Fsp3) is 0.0952. The molecule has 0 aliphatic heterocycles. The van der Waals surface area contributed by atoms with E-state index < -0.39 is 7.26 Å². The highest BCUT2D eigenvalue weighted by Gasteiger charge is 2.44. The maximum absolute atomic E-state index is 9.24. The molecule has 1 nitrogen and oxygen atoms in total. The van der Waals surface area contributed by atoms with E-state index >= 15 is 0 Å². The standard InChI is InChI=1S/C21H19NP.BrH/c22-17-10-18-23(19-11-4-1-5-12-19,20-13-6-2-7-14-20)21-15-8-3-9-16-21;/h1-9,11-16H,10,18H2;1H/q+1;/p-1. The van der Waals surface area contributed by atoms with Crippen LogP contribution in [0.3, 0.4) is 0 Å². The van der Waals surface area contributed by atoms with Crippen LogP contribution in [0.15, 0.2) is 91.0 Å². The van der Waals surface area contributed by atoms with Crippen LogP contribution in [-0.4, -0.2) is 6.16 Å². The van der Waals surface area contributed by atoms with Crippen LogP contribution in [0.1, 0.15) is 6.42 Å². The van der Waals surface area contributed by atoms with Gasteiger partial charge in [-0.3, -0.25) is 0 Å². The topological polar surface area (TPSA) is 23.8 Å². The predicted molar refractivity (Wildman–Crippen MR) is 100 cm³/mol. The second-order valence-electron chi connectivity index (χ2n) is 5.45. The summed E-state index contributed by atoms with van der Waals surface area (Å²) in [5, 5.41) is 13.3. The molecule has 3 rings (SSSR count). The largest absolute Gasteiger partial charge is 1.00 e. The molecule has 0 saturated carbocycles. The molecule has 0 spiro atoms. The summed E-state index contributed by atoms with van der Waals surface area (Å²) in [5.41, 5.74) is 0. The molecule has 0 amide bonds. The first-order chi connectivity index (χ1) is 11.4. The SMILES string of the molecule is N#CCC[P+](c1ccccc1)(c1ccccc1)c1ccccc1.[Br-]. The third kappa shape index (κ3) is 3.59. The molecule has 0 atom stereocenters. The van der Waals surface area contributed by atoms with Gasteiger partial charge in [-0.15, -0.1) is 0 Å². The van der Waals surface area contributed by atoms with Crippen molar-refractivity contribution in [2.75, 3.05) is 6.16 Å². The van der Waals surface area contributed by atoms with E-state index in [2.05, 4.69) is 97.1 Å². The number of nitriles is 1. The maximum Gasteiger partial charge on any atom is 0.113 e. The van der Waals surface area contributed by atoms with Crippen LogP contribution in [0.2, 0.25) is 0 Å². The molecule has 0 bridgehead atoms. The fourth-order valence-electron chi connectivity index (χ4n) is 3.10. The van der Waals surface area contributed by atoms with Crippen LogP contribution in [0.25, 0.3) is 0 Å². The summed E-state index contributed by atoms with van der Waals surface area (Å²) in [5.74, 6) is 0. The summed E-state index contributed by atoms with van der Waals surface area (Å²) in [6, 6.07) is 34.4. The van der Waals surface area contributed by atoms with Gasteiger partial charge in [0, 0.05) is 0 Å². The Bertz CT molecular complexity index is 686. The molecule has 3 aromatic carbocycles. The van der Waals surface area contributed by atoms with E-state index in [0.717, 1.165) is 6.16 Å². The first-order valence-corrected chi connectivity index (χ1v) is 9.77. The van der Waals surface area contributed by atoms with Gasteiger partial charge in [0.05, 0.1) is 18.7 Å². The average molecular weight is 396 g/mol. The summed E-state index contributed by atoms with van der Waals surface area (Å²) in [6.45, 7) is 0.